The third-order valence-corrected chi connectivity index (χ3v) is 3.36. The largest absolute Gasteiger partial charge is 0.384 e. The maximum atomic E-state index is 11.6. The van der Waals surface area contributed by atoms with E-state index in [1.165, 1.54) is 0 Å². The first-order chi connectivity index (χ1) is 7.06. The number of aromatic nitrogens is 1. The van der Waals surface area contributed by atoms with Crippen LogP contribution in [0.15, 0.2) is 12.3 Å². The highest BCUT2D eigenvalue weighted by Gasteiger charge is 2.35. The average Bonchev–Trinajstić information content (AvgIpc) is 2.54. The van der Waals surface area contributed by atoms with Crippen LogP contribution < -0.4 is 0 Å². The summed E-state index contributed by atoms with van der Waals surface area (Å²) < 4.78 is 0. The molecule has 1 aliphatic rings. The van der Waals surface area contributed by atoms with Gasteiger partial charge in [0, 0.05) is 11.8 Å². The Hall–Kier alpha value is -0.740. The lowest BCUT2D eigenvalue weighted by molar-refractivity contribution is 0.0553. The van der Waals surface area contributed by atoms with Gasteiger partial charge in [0.2, 0.25) is 0 Å². The van der Waals surface area contributed by atoms with Gasteiger partial charge in [-0.15, -0.1) is 0 Å². The summed E-state index contributed by atoms with van der Waals surface area (Å²) in [6.45, 7) is 1.74. The highest BCUT2D eigenvalue weighted by Crippen LogP contribution is 2.36. The summed E-state index contributed by atoms with van der Waals surface area (Å²) in [6, 6.07) is 1.73. The lowest BCUT2D eigenvalue weighted by Gasteiger charge is -2.16. The fourth-order valence-corrected chi connectivity index (χ4v) is 2.33. The minimum atomic E-state index is -0.877. The van der Waals surface area contributed by atoms with Gasteiger partial charge in [-0.3, -0.25) is 9.78 Å². The maximum Gasteiger partial charge on any atom is 0.173 e. The summed E-state index contributed by atoms with van der Waals surface area (Å²) in [4.78, 5) is 15.8. The minimum absolute atomic E-state index is 0.0475. The molecule has 0 bridgehead atoms. The molecule has 0 saturated heterocycles. The number of carbonyl (C=O) groups excluding carboxylic acids is 1. The van der Waals surface area contributed by atoms with E-state index in [4.69, 9.17) is 0 Å². The molecule has 0 spiro atoms. The Bertz CT molecular complexity index is 415. The van der Waals surface area contributed by atoms with Crippen molar-refractivity contribution in [2.45, 2.75) is 25.4 Å². The van der Waals surface area contributed by atoms with Crippen LogP contribution in [0, 0.1) is 0 Å². The van der Waals surface area contributed by atoms with E-state index in [0.29, 0.717) is 23.0 Å². The molecule has 1 aromatic rings. The Labute approximate surface area is 96.7 Å². The standard InChI is InChI=1S/C11H12BrNO2/c1-11(15)4-2-8-7(9(14)6-12)3-5-13-10(8)11/h3,5,15H,2,4,6H2,1H3. The Morgan fingerprint density at radius 3 is 3.13 bits per heavy atom. The van der Waals surface area contributed by atoms with E-state index >= 15 is 0 Å². The molecule has 0 fully saturated rings. The van der Waals surface area contributed by atoms with Crippen LogP contribution >= 0.6 is 15.9 Å². The first-order valence-corrected chi connectivity index (χ1v) is 5.98. The highest BCUT2D eigenvalue weighted by molar-refractivity contribution is 9.09. The number of Topliss-reactive ketones (excluding diaryl/α,β-unsaturated/α-hetero) is 1. The third kappa shape index (κ3) is 1.72. The molecule has 1 N–H and O–H groups in total. The number of rotatable bonds is 2. The number of ketones is 1. The Morgan fingerprint density at radius 2 is 2.47 bits per heavy atom. The molecule has 2 rings (SSSR count). The molecule has 0 amide bonds. The molecule has 0 radical (unpaired) electrons. The summed E-state index contributed by atoms with van der Waals surface area (Å²) in [6.07, 6.45) is 2.96. The second-order valence-electron chi connectivity index (χ2n) is 4.02. The van der Waals surface area contributed by atoms with Gasteiger partial charge in [0.05, 0.1) is 11.0 Å². The van der Waals surface area contributed by atoms with Gasteiger partial charge in [-0.2, -0.15) is 0 Å². The second kappa shape index (κ2) is 3.68. The molecular weight excluding hydrogens is 258 g/mol. The van der Waals surface area contributed by atoms with Crippen molar-refractivity contribution in [1.29, 1.82) is 0 Å². The molecule has 80 valence electrons. The van der Waals surface area contributed by atoms with Gasteiger partial charge >= 0.3 is 0 Å². The number of halogens is 1. The SMILES string of the molecule is CC1(O)CCc2c(C(=O)CBr)ccnc21. The van der Waals surface area contributed by atoms with Gasteiger partial charge in [0.15, 0.2) is 5.78 Å². The first-order valence-electron chi connectivity index (χ1n) is 4.86. The second-order valence-corrected chi connectivity index (χ2v) is 4.58. The van der Waals surface area contributed by atoms with Crippen molar-refractivity contribution < 1.29 is 9.90 Å². The maximum absolute atomic E-state index is 11.6. The van der Waals surface area contributed by atoms with Crippen LogP contribution in [0.5, 0.6) is 0 Å². The smallest absolute Gasteiger partial charge is 0.173 e. The molecule has 1 aliphatic carbocycles. The lowest BCUT2D eigenvalue weighted by atomic mass is 10.0. The van der Waals surface area contributed by atoms with Crippen molar-refractivity contribution in [3.8, 4) is 0 Å². The van der Waals surface area contributed by atoms with E-state index in [-0.39, 0.29) is 5.78 Å². The summed E-state index contributed by atoms with van der Waals surface area (Å²) in [5.74, 6) is 0.0475. The monoisotopic (exact) mass is 269 g/mol. The van der Waals surface area contributed by atoms with Crippen molar-refractivity contribution in [3.05, 3.63) is 29.1 Å². The molecule has 0 aliphatic heterocycles. The van der Waals surface area contributed by atoms with Crippen LogP contribution in [0.25, 0.3) is 0 Å². The summed E-state index contributed by atoms with van der Waals surface area (Å²) in [7, 11) is 0. The van der Waals surface area contributed by atoms with Crippen LogP contribution in [0.3, 0.4) is 0 Å². The number of alkyl halides is 1. The number of hydrogen-bond acceptors (Lipinski definition) is 3. The number of fused-ring (bicyclic) bond motifs is 1. The molecular formula is C11H12BrNO2. The number of pyridine rings is 1. The van der Waals surface area contributed by atoms with Crippen molar-refractivity contribution in [1.82, 2.24) is 4.98 Å². The molecule has 0 saturated carbocycles. The minimum Gasteiger partial charge on any atom is -0.384 e. The van der Waals surface area contributed by atoms with Crippen LogP contribution in [-0.2, 0) is 12.0 Å². The number of aliphatic hydroxyl groups is 1. The van der Waals surface area contributed by atoms with Crippen molar-refractivity contribution >= 4 is 21.7 Å². The van der Waals surface area contributed by atoms with Crippen LogP contribution in [-0.4, -0.2) is 21.2 Å². The molecule has 1 heterocycles. The lowest BCUT2D eigenvalue weighted by Crippen LogP contribution is -2.18. The summed E-state index contributed by atoms with van der Waals surface area (Å²) in [5, 5.41) is 10.4. The van der Waals surface area contributed by atoms with E-state index in [9.17, 15) is 9.90 Å². The molecule has 1 atom stereocenters. The molecule has 4 heteroatoms. The molecule has 1 unspecified atom stereocenters. The van der Waals surface area contributed by atoms with Crippen LogP contribution in [0.2, 0.25) is 0 Å². The van der Waals surface area contributed by atoms with Gasteiger partial charge in [-0.1, -0.05) is 15.9 Å². The van der Waals surface area contributed by atoms with E-state index in [1.807, 2.05) is 0 Å². The number of hydrogen-bond donors (Lipinski definition) is 1. The van der Waals surface area contributed by atoms with Crippen LogP contribution in [0.1, 0.15) is 35.0 Å². The predicted molar refractivity (Wildman–Crippen MR) is 60.3 cm³/mol. The molecule has 15 heavy (non-hydrogen) atoms. The Balaban J connectivity index is 2.54. The molecule has 1 aromatic heterocycles. The van der Waals surface area contributed by atoms with E-state index < -0.39 is 5.60 Å². The van der Waals surface area contributed by atoms with Gasteiger partial charge < -0.3 is 5.11 Å². The zero-order valence-electron chi connectivity index (χ0n) is 8.46. The quantitative estimate of drug-likeness (QED) is 0.658. The van der Waals surface area contributed by atoms with E-state index in [1.54, 1.807) is 19.2 Å². The van der Waals surface area contributed by atoms with Crippen molar-refractivity contribution in [3.63, 3.8) is 0 Å². The molecule has 0 aromatic carbocycles. The van der Waals surface area contributed by atoms with E-state index in [2.05, 4.69) is 20.9 Å². The summed E-state index contributed by atoms with van der Waals surface area (Å²) in [5.41, 5.74) is 1.38. The molecule has 3 nitrogen and oxygen atoms in total. The van der Waals surface area contributed by atoms with Crippen molar-refractivity contribution in [2.75, 3.05) is 5.33 Å². The Morgan fingerprint density at radius 1 is 1.73 bits per heavy atom. The fourth-order valence-electron chi connectivity index (χ4n) is 2.03. The number of nitrogens with zero attached hydrogens (tertiary/aromatic N) is 1. The Kier molecular flexibility index (Phi) is 2.64. The summed E-state index contributed by atoms with van der Waals surface area (Å²) >= 11 is 3.16. The van der Waals surface area contributed by atoms with E-state index in [0.717, 1.165) is 12.0 Å². The number of carbonyl (C=O) groups is 1. The van der Waals surface area contributed by atoms with Gasteiger partial charge in [0.25, 0.3) is 0 Å². The van der Waals surface area contributed by atoms with Gasteiger partial charge in [-0.25, -0.2) is 0 Å². The van der Waals surface area contributed by atoms with Crippen molar-refractivity contribution in [2.24, 2.45) is 0 Å². The fraction of sp³-hybridized carbons (Fsp3) is 0.455. The zero-order chi connectivity index (χ0) is 11.1. The highest BCUT2D eigenvalue weighted by atomic mass is 79.9. The normalized spacial score (nSPS) is 23.9. The average molecular weight is 270 g/mol. The first kappa shape index (κ1) is 10.8. The zero-order valence-corrected chi connectivity index (χ0v) is 10.0. The van der Waals surface area contributed by atoms with Crippen LogP contribution in [0.4, 0.5) is 0 Å². The topological polar surface area (TPSA) is 50.2 Å². The van der Waals surface area contributed by atoms with Gasteiger partial charge in [0.1, 0.15) is 5.60 Å². The van der Waals surface area contributed by atoms with Gasteiger partial charge in [-0.05, 0) is 31.4 Å². The predicted octanol–water partition coefficient (Wildman–Crippen LogP) is 1.81. The third-order valence-electron chi connectivity index (χ3n) is 2.85.